The minimum Gasteiger partial charge on any atom is -0.397 e. The summed E-state index contributed by atoms with van der Waals surface area (Å²) in [6.45, 7) is 0. The zero-order chi connectivity index (χ0) is 12.7. The number of pyridine rings is 1. The van der Waals surface area contributed by atoms with E-state index in [9.17, 15) is 10.1 Å². The predicted octanol–water partition coefficient (Wildman–Crippen LogP) is 2.88. The Kier molecular flexibility index (Phi) is 2.13. The van der Waals surface area contributed by atoms with Crippen molar-refractivity contribution in [2.45, 2.75) is 0 Å². The van der Waals surface area contributed by atoms with Gasteiger partial charge in [-0.25, -0.2) is 4.98 Å². The van der Waals surface area contributed by atoms with E-state index >= 15 is 0 Å². The van der Waals surface area contributed by atoms with Gasteiger partial charge in [0.2, 0.25) is 0 Å². The first kappa shape index (κ1) is 10.5. The van der Waals surface area contributed by atoms with E-state index in [1.54, 1.807) is 12.1 Å². The lowest BCUT2D eigenvalue weighted by Gasteiger charge is -2.06. The molecule has 0 radical (unpaired) electrons. The number of non-ortho nitro benzene ring substituents is 1. The quantitative estimate of drug-likeness (QED) is 0.402. The van der Waals surface area contributed by atoms with Crippen LogP contribution in [-0.2, 0) is 0 Å². The molecule has 0 saturated carbocycles. The highest BCUT2D eigenvalue weighted by molar-refractivity contribution is 6.09. The number of nitrogens with zero attached hydrogens (tertiary/aromatic N) is 2. The summed E-state index contributed by atoms with van der Waals surface area (Å²) >= 11 is 0. The van der Waals surface area contributed by atoms with Crippen LogP contribution in [-0.4, -0.2) is 9.91 Å². The Morgan fingerprint density at radius 1 is 1.06 bits per heavy atom. The van der Waals surface area contributed by atoms with Crippen molar-refractivity contribution in [1.82, 2.24) is 4.98 Å². The van der Waals surface area contributed by atoms with Crippen LogP contribution in [0.2, 0.25) is 0 Å². The molecule has 1 aromatic heterocycles. The van der Waals surface area contributed by atoms with Crippen LogP contribution >= 0.6 is 0 Å². The molecule has 0 atom stereocenters. The number of rotatable bonds is 1. The number of nitro groups is 1. The lowest BCUT2D eigenvalue weighted by Crippen LogP contribution is -1.96. The van der Waals surface area contributed by atoms with Crippen molar-refractivity contribution in [3.05, 3.63) is 52.6 Å². The molecule has 2 N–H and O–H groups in total. The molecule has 0 unspecified atom stereocenters. The van der Waals surface area contributed by atoms with Crippen molar-refractivity contribution in [2.75, 3.05) is 5.73 Å². The summed E-state index contributed by atoms with van der Waals surface area (Å²) in [6.07, 6.45) is 0. The third kappa shape index (κ3) is 1.37. The molecule has 3 aromatic rings. The third-order valence-electron chi connectivity index (χ3n) is 2.92. The van der Waals surface area contributed by atoms with E-state index in [1.165, 1.54) is 6.07 Å². The highest BCUT2D eigenvalue weighted by Gasteiger charge is 2.16. The highest BCUT2D eigenvalue weighted by atomic mass is 16.6. The Balaban J connectivity index is 2.57. The van der Waals surface area contributed by atoms with Crippen LogP contribution in [0.3, 0.4) is 0 Å². The van der Waals surface area contributed by atoms with E-state index in [0.29, 0.717) is 16.6 Å². The first-order valence-corrected chi connectivity index (χ1v) is 5.40. The lowest BCUT2D eigenvalue weighted by molar-refractivity contribution is -0.383. The van der Waals surface area contributed by atoms with Crippen LogP contribution in [0.25, 0.3) is 21.8 Å². The Morgan fingerprint density at radius 3 is 2.56 bits per heavy atom. The second-order valence-electron chi connectivity index (χ2n) is 3.97. The zero-order valence-corrected chi connectivity index (χ0v) is 9.33. The number of anilines is 1. The minimum atomic E-state index is -0.435. The van der Waals surface area contributed by atoms with Gasteiger partial charge in [-0.15, -0.1) is 0 Å². The molecule has 5 heteroatoms. The summed E-state index contributed by atoms with van der Waals surface area (Å²) in [5, 5.41) is 12.2. The second-order valence-corrected chi connectivity index (χ2v) is 3.97. The van der Waals surface area contributed by atoms with Gasteiger partial charge in [0.1, 0.15) is 5.39 Å². The Bertz CT molecular complexity index is 784. The Labute approximate surface area is 102 Å². The second kappa shape index (κ2) is 3.66. The van der Waals surface area contributed by atoms with Crippen molar-refractivity contribution in [3.8, 4) is 0 Å². The summed E-state index contributed by atoms with van der Waals surface area (Å²) in [5.41, 5.74) is 7.72. The number of fused-ring (bicyclic) bond motifs is 2. The van der Waals surface area contributed by atoms with Crippen LogP contribution in [0, 0.1) is 10.1 Å². The molecule has 0 bridgehead atoms. The molecule has 0 saturated heterocycles. The molecule has 1 heterocycles. The molecule has 5 nitrogen and oxygen atoms in total. The van der Waals surface area contributed by atoms with Crippen LogP contribution in [0.5, 0.6) is 0 Å². The van der Waals surface area contributed by atoms with Crippen molar-refractivity contribution in [1.29, 1.82) is 0 Å². The number of para-hydroxylation sites is 1. The van der Waals surface area contributed by atoms with E-state index in [2.05, 4.69) is 4.98 Å². The summed E-state index contributed by atoms with van der Waals surface area (Å²) < 4.78 is 0. The van der Waals surface area contributed by atoms with Gasteiger partial charge < -0.3 is 5.73 Å². The van der Waals surface area contributed by atoms with Crippen molar-refractivity contribution >= 4 is 33.2 Å². The maximum absolute atomic E-state index is 11.0. The van der Waals surface area contributed by atoms with Crippen molar-refractivity contribution in [3.63, 3.8) is 0 Å². The Morgan fingerprint density at radius 2 is 1.78 bits per heavy atom. The number of nitrogens with two attached hydrogens (primary N) is 1. The van der Waals surface area contributed by atoms with Gasteiger partial charge in [-0.1, -0.05) is 24.3 Å². The van der Waals surface area contributed by atoms with Crippen LogP contribution in [0.15, 0.2) is 42.5 Å². The SMILES string of the molecule is Nc1c2ccccc2nc2cccc([N+](=O)[O-])c12. The molecule has 88 valence electrons. The van der Waals surface area contributed by atoms with Gasteiger partial charge in [0, 0.05) is 11.5 Å². The fourth-order valence-electron chi connectivity index (χ4n) is 2.11. The van der Waals surface area contributed by atoms with E-state index in [4.69, 9.17) is 5.73 Å². The predicted molar refractivity (Wildman–Crippen MR) is 70.3 cm³/mol. The smallest absolute Gasteiger partial charge is 0.280 e. The summed E-state index contributed by atoms with van der Waals surface area (Å²) in [4.78, 5) is 15.0. The van der Waals surface area contributed by atoms with E-state index in [1.807, 2.05) is 24.3 Å². The number of hydrogen-bond acceptors (Lipinski definition) is 4. The monoisotopic (exact) mass is 239 g/mol. The van der Waals surface area contributed by atoms with E-state index in [0.717, 1.165) is 10.9 Å². The van der Waals surface area contributed by atoms with Gasteiger partial charge in [-0.05, 0) is 12.1 Å². The number of nitrogen functional groups attached to an aromatic ring is 1. The maximum Gasteiger partial charge on any atom is 0.280 e. The fraction of sp³-hybridized carbons (Fsp3) is 0. The molecule has 0 fully saturated rings. The molecule has 0 aliphatic rings. The minimum absolute atomic E-state index is 0.0109. The van der Waals surface area contributed by atoms with E-state index in [-0.39, 0.29) is 5.69 Å². The number of hydrogen-bond donors (Lipinski definition) is 1. The zero-order valence-electron chi connectivity index (χ0n) is 9.33. The largest absolute Gasteiger partial charge is 0.397 e. The molecule has 18 heavy (non-hydrogen) atoms. The number of benzene rings is 2. The molecular weight excluding hydrogens is 230 g/mol. The van der Waals surface area contributed by atoms with Crippen LogP contribution < -0.4 is 5.73 Å². The highest BCUT2D eigenvalue weighted by Crippen LogP contribution is 2.34. The van der Waals surface area contributed by atoms with Crippen LogP contribution in [0.4, 0.5) is 11.4 Å². The summed E-state index contributed by atoms with van der Waals surface area (Å²) in [5.74, 6) is 0. The van der Waals surface area contributed by atoms with Crippen molar-refractivity contribution < 1.29 is 4.92 Å². The first-order chi connectivity index (χ1) is 8.68. The van der Waals surface area contributed by atoms with Gasteiger partial charge in [0.25, 0.3) is 5.69 Å². The third-order valence-corrected chi connectivity index (χ3v) is 2.92. The standard InChI is InChI=1S/C13H9N3O2/c14-13-8-4-1-2-5-9(8)15-10-6-3-7-11(12(10)13)16(17)18/h1-7H,(H2,14,15). The summed E-state index contributed by atoms with van der Waals surface area (Å²) in [7, 11) is 0. The normalized spacial score (nSPS) is 10.9. The maximum atomic E-state index is 11.0. The fourth-order valence-corrected chi connectivity index (χ4v) is 2.11. The molecule has 0 aliphatic heterocycles. The van der Waals surface area contributed by atoms with Gasteiger partial charge in [-0.2, -0.15) is 0 Å². The number of nitro benzene ring substituents is 1. The topological polar surface area (TPSA) is 82.0 Å². The molecule has 2 aromatic carbocycles. The van der Waals surface area contributed by atoms with Gasteiger partial charge in [-0.3, -0.25) is 10.1 Å². The molecule has 0 aliphatic carbocycles. The summed E-state index contributed by atoms with van der Waals surface area (Å²) in [6, 6.07) is 12.1. The molecule has 3 rings (SSSR count). The molecule has 0 spiro atoms. The first-order valence-electron chi connectivity index (χ1n) is 5.40. The van der Waals surface area contributed by atoms with Gasteiger partial charge in [0.15, 0.2) is 0 Å². The average molecular weight is 239 g/mol. The number of aromatic nitrogens is 1. The molecule has 0 amide bonds. The average Bonchev–Trinajstić information content (AvgIpc) is 2.38. The molecular formula is C13H9N3O2. The lowest BCUT2D eigenvalue weighted by atomic mass is 10.1. The van der Waals surface area contributed by atoms with E-state index < -0.39 is 4.92 Å². The van der Waals surface area contributed by atoms with Gasteiger partial charge >= 0.3 is 0 Å². The van der Waals surface area contributed by atoms with Gasteiger partial charge in [0.05, 0.1) is 21.6 Å². The van der Waals surface area contributed by atoms with Crippen LogP contribution in [0.1, 0.15) is 0 Å². The Hall–Kier alpha value is -2.69. The van der Waals surface area contributed by atoms with Crippen molar-refractivity contribution in [2.24, 2.45) is 0 Å².